The van der Waals surface area contributed by atoms with Crippen molar-refractivity contribution in [2.75, 3.05) is 0 Å². The Bertz CT molecular complexity index is 999. The van der Waals surface area contributed by atoms with Gasteiger partial charge < -0.3 is 20.4 Å². The number of hydrogen-bond donors (Lipinski definition) is 4. The van der Waals surface area contributed by atoms with Gasteiger partial charge in [0.2, 0.25) is 0 Å². The summed E-state index contributed by atoms with van der Waals surface area (Å²) in [5.74, 6) is -1.63. The van der Waals surface area contributed by atoms with Gasteiger partial charge in [0.25, 0.3) is 0 Å². The highest BCUT2D eigenvalue weighted by molar-refractivity contribution is 5.71. The highest BCUT2D eigenvalue weighted by Gasteiger charge is 2.66. The van der Waals surface area contributed by atoms with E-state index < -0.39 is 29.0 Å². The molecule has 0 saturated heterocycles. The zero-order valence-electron chi connectivity index (χ0n) is 23.4. The Morgan fingerprint density at radius 1 is 1.14 bits per heavy atom. The lowest BCUT2D eigenvalue weighted by atomic mass is 9.44. The third kappa shape index (κ3) is 3.79. The summed E-state index contributed by atoms with van der Waals surface area (Å²) in [4.78, 5) is 12.6. The summed E-state index contributed by atoms with van der Waals surface area (Å²) < 4.78 is 0. The molecule has 5 heteroatoms. The molecular weight excluding hydrogens is 452 g/mol. The van der Waals surface area contributed by atoms with Gasteiger partial charge in [-0.05, 0) is 97.7 Å². The number of aliphatic carboxylic acids is 1. The molecule has 202 valence electrons. The number of allylic oxidation sites excluding steroid dienone is 4. The number of fused-ring (bicyclic) bond motifs is 5. The van der Waals surface area contributed by atoms with Gasteiger partial charge in [0.05, 0.1) is 23.7 Å². The zero-order valence-corrected chi connectivity index (χ0v) is 23.4. The van der Waals surface area contributed by atoms with Gasteiger partial charge in [-0.2, -0.15) is 0 Å². The van der Waals surface area contributed by atoms with E-state index in [2.05, 4.69) is 53.3 Å². The maximum absolute atomic E-state index is 12.6. The molecule has 2 fully saturated rings. The second-order valence-corrected chi connectivity index (χ2v) is 14.2. The first kappa shape index (κ1) is 27.6. The van der Waals surface area contributed by atoms with E-state index in [-0.39, 0.29) is 28.3 Å². The maximum atomic E-state index is 12.6. The molecule has 0 aromatic heterocycles. The molecule has 2 unspecified atom stereocenters. The van der Waals surface area contributed by atoms with Crippen LogP contribution in [0.15, 0.2) is 35.5 Å². The van der Waals surface area contributed by atoms with Crippen LogP contribution in [0.4, 0.5) is 0 Å². The van der Waals surface area contributed by atoms with Crippen LogP contribution >= 0.6 is 0 Å². The quantitative estimate of drug-likeness (QED) is 0.353. The Labute approximate surface area is 217 Å². The van der Waals surface area contributed by atoms with Crippen LogP contribution in [0.1, 0.15) is 93.4 Å². The lowest BCUT2D eigenvalue weighted by Gasteiger charge is -2.61. The summed E-state index contributed by atoms with van der Waals surface area (Å²) in [7, 11) is 0. The molecular formula is C31H48O5. The predicted molar refractivity (Wildman–Crippen MR) is 142 cm³/mol. The Morgan fingerprint density at radius 2 is 1.78 bits per heavy atom. The van der Waals surface area contributed by atoms with E-state index in [1.54, 1.807) is 13.8 Å². The molecule has 2 saturated carbocycles. The van der Waals surface area contributed by atoms with Gasteiger partial charge in [-0.15, -0.1) is 0 Å². The topological polar surface area (TPSA) is 98.0 Å². The molecule has 0 radical (unpaired) electrons. The average molecular weight is 501 g/mol. The second kappa shape index (κ2) is 8.54. The fourth-order valence-electron chi connectivity index (χ4n) is 8.91. The Morgan fingerprint density at radius 3 is 2.36 bits per heavy atom. The van der Waals surface area contributed by atoms with Crippen LogP contribution in [-0.4, -0.2) is 44.2 Å². The third-order valence-corrected chi connectivity index (χ3v) is 11.7. The minimum atomic E-state index is -1.06. The number of carbonyl (C=O) groups is 1. The lowest BCUT2D eigenvalue weighted by molar-refractivity contribution is -0.148. The zero-order chi connectivity index (χ0) is 27.1. The molecule has 4 aliphatic rings. The van der Waals surface area contributed by atoms with Gasteiger partial charge in [-0.1, -0.05) is 53.3 Å². The molecule has 0 bridgehead atoms. The van der Waals surface area contributed by atoms with Crippen molar-refractivity contribution in [1.82, 2.24) is 0 Å². The molecule has 0 amide bonds. The van der Waals surface area contributed by atoms with Crippen molar-refractivity contribution >= 4 is 5.97 Å². The molecule has 0 aliphatic heterocycles. The number of hydrogen-bond acceptors (Lipinski definition) is 4. The number of aliphatic hydroxyl groups is 3. The molecule has 0 spiro atoms. The first-order valence-corrected chi connectivity index (χ1v) is 13.8. The van der Waals surface area contributed by atoms with Gasteiger partial charge in [0.1, 0.15) is 0 Å². The first-order chi connectivity index (χ1) is 16.4. The Hall–Kier alpha value is -1.43. The summed E-state index contributed by atoms with van der Waals surface area (Å²) in [6.07, 6.45) is 8.39. The number of carboxylic acid groups (broad SMARTS) is 1. The van der Waals surface area contributed by atoms with Crippen molar-refractivity contribution in [2.24, 2.45) is 39.4 Å². The van der Waals surface area contributed by atoms with Crippen molar-refractivity contribution < 1.29 is 25.2 Å². The predicted octanol–water partition coefficient (Wildman–Crippen LogP) is 5.65. The molecule has 36 heavy (non-hydrogen) atoms. The molecule has 0 aromatic carbocycles. The van der Waals surface area contributed by atoms with E-state index in [0.29, 0.717) is 30.8 Å². The van der Waals surface area contributed by atoms with Crippen molar-refractivity contribution in [3.05, 3.63) is 35.5 Å². The van der Waals surface area contributed by atoms with Crippen LogP contribution in [0.25, 0.3) is 0 Å². The minimum Gasteiger partial charge on any atom is -0.481 e. The van der Waals surface area contributed by atoms with Crippen molar-refractivity contribution in [3.63, 3.8) is 0 Å². The van der Waals surface area contributed by atoms with E-state index in [9.17, 15) is 25.2 Å². The normalized spacial score (nSPS) is 42.4. The van der Waals surface area contributed by atoms with E-state index in [1.807, 2.05) is 0 Å². The van der Waals surface area contributed by atoms with Crippen molar-refractivity contribution in [3.8, 4) is 0 Å². The van der Waals surface area contributed by atoms with E-state index >= 15 is 0 Å². The van der Waals surface area contributed by atoms with Crippen molar-refractivity contribution in [1.29, 1.82) is 0 Å². The molecule has 8 atom stereocenters. The van der Waals surface area contributed by atoms with Crippen LogP contribution in [0.2, 0.25) is 0 Å². The summed E-state index contributed by atoms with van der Waals surface area (Å²) in [5, 5.41) is 42.9. The van der Waals surface area contributed by atoms with E-state index in [0.717, 1.165) is 25.7 Å². The summed E-state index contributed by atoms with van der Waals surface area (Å²) in [6, 6.07) is 0. The average Bonchev–Trinajstić information content (AvgIpc) is 2.96. The number of carboxylic acids is 1. The molecule has 0 heterocycles. The Balaban J connectivity index is 1.71. The monoisotopic (exact) mass is 500 g/mol. The fourth-order valence-corrected chi connectivity index (χ4v) is 8.91. The van der Waals surface area contributed by atoms with Gasteiger partial charge in [-0.3, -0.25) is 4.79 Å². The molecule has 4 N–H and O–H groups in total. The molecule has 4 rings (SSSR count). The van der Waals surface area contributed by atoms with Crippen LogP contribution < -0.4 is 0 Å². The summed E-state index contributed by atoms with van der Waals surface area (Å²) in [5.41, 5.74) is 1.31. The van der Waals surface area contributed by atoms with Gasteiger partial charge in [0, 0.05) is 11.3 Å². The minimum absolute atomic E-state index is 0.0309. The summed E-state index contributed by atoms with van der Waals surface area (Å²) >= 11 is 0. The lowest BCUT2D eigenvalue weighted by Crippen LogP contribution is -2.54. The van der Waals surface area contributed by atoms with Crippen LogP contribution in [0.3, 0.4) is 0 Å². The third-order valence-electron chi connectivity index (χ3n) is 11.7. The molecule has 0 aromatic rings. The van der Waals surface area contributed by atoms with Crippen LogP contribution in [0, 0.1) is 39.4 Å². The van der Waals surface area contributed by atoms with Gasteiger partial charge in [-0.25, -0.2) is 0 Å². The smallest absolute Gasteiger partial charge is 0.306 e. The number of rotatable bonds is 6. The van der Waals surface area contributed by atoms with Crippen LogP contribution in [0.5, 0.6) is 0 Å². The van der Waals surface area contributed by atoms with Gasteiger partial charge in [0.15, 0.2) is 0 Å². The summed E-state index contributed by atoms with van der Waals surface area (Å²) in [6.45, 7) is 18.5. The molecule has 4 aliphatic carbocycles. The molecule has 5 nitrogen and oxygen atoms in total. The van der Waals surface area contributed by atoms with Crippen LogP contribution in [-0.2, 0) is 4.79 Å². The van der Waals surface area contributed by atoms with E-state index in [1.165, 1.54) is 11.1 Å². The van der Waals surface area contributed by atoms with Crippen molar-refractivity contribution in [2.45, 2.75) is 111 Å². The first-order valence-electron chi connectivity index (χ1n) is 13.8. The SMILES string of the molecule is C=C(CC[C@@H](C(=O)O)[C@H]1C(O)C[C@@]2(C)C3=CC[C@H]4C(C)(C)C(O)CC[C@]4(C)C3=CC[C@]12C)C(C)(C)O. The standard InChI is InChI=1S/C31H48O5/c1-18(28(4,5)36)9-10-19(26(34)35)25-22(32)17-31(8)21-11-12-23-27(2,3)24(33)14-15-29(23,6)20(21)13-16-30(25,31)7/h11,13,19,22-25,32-33,36H,1,9-10,12,14-17H2,2-8H3,(H,34,35)/t19-,22?,23+,24?,25+,29-,30-,31+/m1/s1. The van der Waals surface area contributed by atoms with Gasteiger partial charge >= 0.3 is 5.97 Å². The maximum Gasteiger partial charge on any atom is 0.306 e. The highest BCUT2D eigenvalue weighted by atomic mass is 16.4. The largest absolute Gasteiger partial charge is 0.481 e. The second-order valence-electron chi connectivity index (χ2n) is 14.2. The number of aliphatic hydroxyl groups excluding tert-OH is 2. The fraction of sp³-hybridized carbons (Fsp3) is 0.774. The Kier molecular flexibility index (Phi) is 6.55. The highest BCUT2D eigenvalue weighted by Crippen LogP contribution is 2.71. The van der Waals surface area contributed by atoms with E-state index in [4.69, 9.17) is 0 Å².